The van der Waals surface area contributed by atoms with Crippen molar-refractivity contribution in [3.8, 4) is 5.82 Å². The van der Waals surface area contributed by atoms with E-state index in [1.807, 2.05) is 36.5 Å². The van der Waals surface area contributed by atoms with Crippen LogP contribution in [0.2, 0.25) is 0 Å². The summed E-state index contributed by atoms with van der Waals surface area (Å²) in [6.45, 7) is 0.416. The van der Waals surface area contributed by atoms with Crippen LogP contribution in [0.5, 0.6) is 0 Å². The maximum absolute atomic E-state index is 5.69. The van der Waals surface area contributed by atoms with Crippen molar-refractivity contribution in [3.63, 3.8) is 0 Å². The lowest BCUT2D eigenvalue weighted by molar-refractivity contribution is 0.810. The summed E-state index contributed by atoms with van der Waals surface area (Å²) in [5.74, 6) is 0.691. The minimum Gasteiger partial charge on any atom is -0.326 e. The van der Waals surface area contributed by atoms with Gasteiger partial charge in [0.1, 0.15) is 0 Å². The molecule has 84 valence electrons. The fourth-order valence-corrected chi connectivity index (χ4v) is 1.83. The van der Waals surface area contributed by atoms with Gasteiger partial charge in [0.05, 0.1) is 17.9 Å². The SMILES string of the molecule is NCc1ccnnc1-n1ncc2ccccc21. The molecule has 2 N–H and O–H groups in total. The molecule has 0 saturated heterocycles. The number of rotatable bonds is 2. The second kappa shape index (κ2) is 3.95. The number of nitrogens with two attached hydrogens (primary N) is 1. The van der Waals surface area contributed by atoms with Gasteiger partial charge in [-0.3, -0.25) is 0 Å². The molecule has 2 heterocycles. The minimum absolute atomic E-state index is 0.416. The first-order valence-corrected chi connectivity index (χ1v) is 5.34. The van der Waals surface area contributed by atoms with Crippen molar-refractivity contribution in [2.75, 3.05) is 0 Å². The van der Waals surface area contributed by atoms with Crippen LogP contribution < -0.4 is 5.73 Å². The second-order valence-electron chi connectivity index (χ2n) is 3.70. The summed E-state index contributed by atoms with van der Waals surface area (Å²) in [6, 6.07) is 9.82. The van der Waals surface area contributed by atoms with Crippen LogP contribution in [-0.2, 0) is 6.54 Å². The van der Waals surface area contributed by atoms with Crippen molar-refractivity contribution >= 4 is 10.9 Å². The summed E-state index contributed by atoms with van der Waals surface area (Å²) in [5, 5.41) is 13.4. The number of nitrogens with zero attached hydrogens (tertiary/aromatic N) is 4. The van der Waals surface area contributed by atoms with E-state index in [-0.39, 0.29) is 0 Å². The lowest BCUT2D eigenvalue weighted by Crippen LogP contribution is -2.08. The first kappa shape index (κ1) is 9.92. The first-order valence-electron chi connectivity index (χ1n) is 5.34. The van der Waals surface area contributed by atoms with E-state index in [4.69, 9.17) is 5.73 Å². The zero-order valence-corrected chi connectivity index (χ0v) is 9.11. The molecule has 0 aliphatic rings. The first-order chi connectivity index (χ1) is 8.40. The van der Waals surface area contributed by atoms with Crippen molar-refractivity contribution in [3.05, 3.63) is 48.3 Å². The van der Waals surface area contributed by atoms with Crippen molar-refractivity contribution in [2.24, 2.45) is 5.73 Å². The third-order valence-electron chi connectivity index (χ3n) is 2.68. The van der Waals surface area contributed by atoms with Crippen LogP contribution in [0.4, 0.5) is 0 Å². The summed E-state index contributed by atoms with van der Waals surface area (Å²) in [6.07, 6.45) is 3.45. The molecular weight excluding hydrogens is 214 g/mol. The Labute approximate surface area is 97.9 Å². The Bertz CT molecular complexity index is 659. The number of hydrogen-bond acceptors (Lipinski definition) is 4. The molecule has 0 aliphatic carbocycles. The molecular formula is C12H11N5. The Kier molecular flexibility index (Phi) is 2.31. The minimum atomic E-state index is 0.416. The lowest BCUT2D eigenvalue weighted by atomic mass is 10.2. The highest BCUT2D eigenvalue weighted by Gasteiger charge is 2.09. The van der Waals surface area contributed by atoms with Crippen molar-refractivity contribution < 1.29 is 0 Å². The summed E-state index contributed by atoms with van der Waals surface area (Å²) >= 11 is 0. The average Bonchev–Trinajstić information content (AvgIpc) is 2.82. The van der Waals surface area contributed by atoms with Crippen LogP contribution in [0.1, 0.15) is 5.56 Å². The van der Waals surface area contributed by atoms with E-state index in [0.29, 0.717) is 12.4 Å². The predicted octanol–water partition coefficient (Wildman–Crippen LogP) is 1.27. The van der Waals surface area contributed by atoms with Gasteiger partial charge in [0.15, 0.2) is 5.82 Å². The van der Waals surface area contributed by atoms with E-state index in [2.05, 4.69) is 15.3 Å². The molecule has 0 aliphatic heterocycles. The van der Waals surface area contributed by atoms with E-state index in [9.17, 15) is 0 Å². The van der Waals surface area contributed by atoms with E-state index >= 15 is 0 Å². The molecule has 5 heteroatoms. The van der Waals surface area contributed by atoms with Crippen LogP contribution in [0, 0.1) is 0 Å². The Hall–Kier alpha value is -2.27. The highest BCUT2D eigenvalue weighted by Crippen LogP contribution is 2.18. The second-order valence-corrected chi connectivity index (χ2v) is 3.70. The Morgan fingerprint density at radius 2 is 2.06 bits per heavy atom. The van der Waals surface area contributed by atoms with Crippen LogP contribution in [0.3, 0.4) is 0 Å². The quantitative estimate of drug-likeness (QED) is 0.713. The molecule has 0 fully saturated rings. The largest absolute Gasteiger partial charge is 0.326 e. The van der Waals surface area contributed by atoms with Gasteiger partial charge in [-0.25, -0.2) is 4.68 Å². The zero-order valence-electron chi connectivity index (χ0n) is 9.11. The monoisotopic (exact) mass is 225 g/mol. The average molecular weight is 225 g/mol. The fourth-order valence-electron chi connectivity index (χ4n) is 1.83. The molecule has 2 aromatic heterocycles. The molecule has 3 rings (SSSR count). The predicted molar refractivity (Wildman–Crippen MR) is 64.6 cm³/mol. The molecule has 0 spiro atoms. The third kappa shape index (κ3) is 1.57. The zero-order chi connectivity index (χ0) is 11.7. The standard InChI is InChI=1S/C12H11N5/c13-7-9-5-6-14-16-12(9)17-11-4-2-1-3-10(11)8-15-17/h1-6,8H,7,13H2. The van der Waals surface area contributed by atoms with Gasteiger partial charge in [-0.1, -0.05) is 18.2 Å². The number of benzene rings is 1. The molecule has 1 aromatic carbocycles. The highest BCUT2D eigenvalue weighted by molar-refractivity contribution is 5.79. The third-order valence-corrected chi connectivity index (χ3v) is 2.68. The van der Waals surface area contributed by atoms with E-state index in [0.717, 1.165) is 16.5 Å². The smallest absolute Gasteiger partial charge is 0.180 e. The van der Waals surface area contributed by atoms with Gasteiger partial charge >= 0.3 is 0 Å². The van der Waals surface area contributed by atoms with Gasteiger partial charge in [-0.05, 0) is 12.1 Å². The highest BCUT2D eigenvalue weighted by atomic mass is 15.3. The summed E-state index contributed by atoms with van der Waals surface area (Å²) in [5.41, 5.74) is 7.62. The van der Waals surface area contributed by atoms with Gasteiger partial charge in [0, 0.05) is 17.5 Å². The normalized spacial score (nSPS) is 10.9. The number of aromatic nitrogens is 4. The van der Waals surface area contributed by atoms with Crippen LogP contribution in [0.15, 0.2) is 42.7 Å². The van der Waals surface area contributed by atoms with Crippen molar-refractivity contribution in [2.45, 2.75) is 6.54 Å². The van der Waals surface area contributed by atoms with Gasteiger partial charge < -0.3 is 5.73 Å². The molecule has 0 atom stereocenters. The number of para-hydroxylation sites is 1. The molecule has 3 aromatic rings. The van der Waals surface area contributed by atoms with Crippen molar-refractivity contribution in [1.29, 1.82) is 0 Å². The number of fused-ring (bicyclic) bond motifs is 1. The summed E-state index contributed by atoms with van der Waals surface area (Å²) in [4.78, 5) is 0. The molecule has 0 amide bonds. The maximum atomic E-state index is 5.69. The van der Waals surface area contributed by atoms with E-state index in [1.165, 1.54) is 0 Å². The molecule has 5 nitrogen and oxygen atoms in total. The lowest BCUT2D eigenvalue weighted by Gasteiger charge is -2.05. The molecule has 0 saturated carbocycles. The Morgan fingerprint density at radius 3 is 2.94 bits per heavy atom. The summed E-state index contributed by atoms with van der Waals surface area (Å²) in [7, 11) is 0. The fraction of sp³-hybridized carbons (Fsp3) is 0.0833. The Morgan fingerprint density at radius 1 is 1.18 bits per heavy atom. The van der Waals surface area contributed by atoms with E-state index in [1.54, 1.807) is 10.9 Å². The topological polar surface area (TPSA) is 69.6 Å². The number of hydrogen-bond donors (Lipinski definition) is 1. The summed E-state index contributed by atoms with van der Waals surface area (Å²) < 4.78 is 1.77. The van der Waals surface area contributed by atoms with Crippen molar-refractivity contribution in [1.82, 2.24) is 20.0 Å². The molecule has 17 heavy (non-hydrogen) atoms. The maximum Gasteiger partial charge on any atom is 0.180 e. The van der Waals surface area contributed by atoms with Crippen LogP contribution >= 0.6 is 0 Å². The molecule has 0 unspecified atom stereocenters. The van der Waals surface area contributed by atoms with Gasteiger partial charge in [-0.15, -0.1) is 5.10 Å². The van der Waals surface area contributed by atoms with Gasteiger partial charge in [-0.2, -0.15) is 10.2 Å². The Balaban J connectivity index is 2.27. The van der Waals surface area contributed by atoms with Gasteiger partial charge in [0.2, 0.25) is 0 Å². The van der Waals surface area contributed by atoms with Crippen LogP contribution in [-0.4, -0.2) is 20.0 Å². The van der Waals surface area contributed by atoms with Crippen LogP contribution in [0.25, 0.3) is 16.7 Å². The van der Waals surface area contributed by atoms with Gasteiger partial charge in [0.25, 0.3) is 0 Å². The molecule has 0 bridgehead atoms. The van der Waals surface area contributed by atoms with E-state index < -0.39 is 0 Å². The molecule has 0 radical (unpaired) electrons.